The van der Waals surface area contributed by atoms with E-state index in [1.165, 1.54) is 0 Å². The molecule has 8 heteroatoms. The van der Waals surface area contributed by atoms with Gasteiger partial charge in [-0.2, -0.15) is 4.98 Å². The molecular weight excluding hydrogens is 396 g/mol. The fraction of sp³-hybridized carbons (Fsp3) is 0.609. The summed E-state index contributed by atoms with van der Waals surface area (Å²) in [5.74, 6) is 2.97. The predicted molar refractivity (Wildman–Crippen MR) is 115 cm³/mol. The molecule has 3 heterocycles. The van der Waals surface area contributed by atoms with Gasteiger partial charge in [0.25, 0.3) is 5.91 Å². The highest BCUT2D eigenvalue weighted by Gasteiger charge is 2.46. The summed E-state index contributed by atoms with van der Waals surface area (Å²) in [7, 11) is 5.31. The normalized spacial score (nSPS) is 21.1. The Morgan fingerprint density at radius 3 is 2.35 bits per heavy atom. The minimum Gasteiger partial charge on any atom is -0.497 e. The van der Waals surface area contributed by atoms with Crippen molar-refractivity contribution >= 4 is 5.91 Å². The number of methoxy groups -OCH3 is 2. The molecule has 0 bridgehead atoms. The van der Waals surface area contributed by atoms with E-state index >= 15 is 0 Å². The van der Waals surface area contributed by atoms with Crippen molar-refractivity contribution in [2.24, 2.45) is 5.41 Å². The second kappa shape index (κ2) is 8.49. The van der Waals surface area contributed by atoms with E-state index in [9.17, 15) is 4.79 Å². The number of aromatic nitrogens is 2. The van der Waals surface area contributed by atoms with Gasteiger partial charge in [0.2, 0.25) is 5.89 Å². The van der Waals surface area contributed by atoms with E-state index < -0.39 is 0 Å². The number of likely N-dealkylation sites (tertiary alicyclic amines) is 2. The highest BCUT2D eigenvalue weighted by Crippen LogP contribution is 2.48. The number of amides is 1. The van der Waals surface area contributed by atoms with Gasteiger partial charge in [-0.15, -0.1) is 0 Å². The molecule has 31 heavy (non-hydrogen) atoms. The van der Waals surface area contributed by atoms with Gasteiger partial charge in [0.05, 0.1) is 20.3 Å². The molecule has 2 aliphatic heterocycles. The third kappa shape index (κ3) is 4.26. The standard InChI is InChI=1S/C23H32N4O4/c1-15(2)21-24-20(25-31-21)19-13-23(14-26(19)3)6-8-27(9-7-23)22(28)16-10-17(29-4)12-18(11-16)30-5/h10-12,15,19H,6-9,13-14H2,1-5H3. The van der Waals surface area contributed by atoms with Crippen LogP contribution in [-0.2, 0) is 0 Å². The van der Waals surface area contributed by atoms with Crippen molar-refractivity contribution in [2.75, 3.05) is 40.9 Å². The first-order chi connectivity index (χ1) is 14.8. The maximum absolute atomic E-state index is 13.1. The minimum absolute atomic E-state index is 0.0229. The van der Waals surface area contributed by atoms with E-state index in [0.717, 1.165) is 44.7 Å². The maximum atomic E-state index is 13.1. The van der Waals surface area contributed by atoms with E-state index in [1.54, 1.807) is 32.4 Å². The molecule has 1 unspecified atom stereocenters. The van der Waals surface area contributed by atoms with Crippen LogP contribution in [0.15, 0.2) is 22.7 Å². The Balaban J connectivity index is 1.43. The summed E-state index contributed by atoms with van der Waals surface area (Å²) in [6.07, 6.45) is 2.93. The zero-order valence-electron chi connectivity index (χ0n) is 19.1. The molecule has 8 nitrogen and oxygen atoms in total. The lowest BCUT2D eigenvalue weighted by atomic mass is 9.76. The lowest BCUT2D eigenvalue weighted by molar-refractivity contribution is 0.0592. The van der Waals surface area contributed by atoms with Crippen LogP contribution in [0.2, 0.25) is 0 Å². The Labute approximate surface area is 183 Å². The summed E-state index contributed by atoms with van der Waals surface area (Å²) in [6, 6.07) is 5.49. The molecule has 1 aromatic carbocycles. The summed E-state index contributed by atoms with van der Waals surface area (Å²) < 4.78 is 16.1. The van der Waals surface area contributed by atoms with E-state index in [1.807, 2.05) is 4.90 Å². The highest BCUT2D eigenvalue weighted by atomic mass is 16.5. The van der Waals surface area contributed by atoms with Gasteiger partial charge in [0.15, 0.2) is 5.82 Å². The SMILES string of the molecule is COc1cc(OC)cc(C(=O)N2CCC3(CC2)CC(c2noc(C(C)C)n2)N(C)C3)c1. The second-order valence-corrected chi connectivity index (χ2v) is 9.17. The first-order valence-electron chi connectivity index (χ1n) is 10.9. The number of ether oxygens (including phenoxy) is 2. The zero-order valence-corrected chi connectivity index (χ0v) is 19.1. The monoisotopic (exact) mass is 428 g/mol. The van der Waals surface area contributed by atoms with E-state index in [0.29, 0.717) is 23.0 Å². The van der Waals surface area contributed by atoms with Crippen LogP contribution in [0, 0.1) is 5.41 Å². The van der Waals surface area contributed by atoms with Crippen molar-refractivity contribution in [3.63, 3.8) is 0 Å². The third-order valence-corrected chi connectivity index (χ3v) is 6.70. The van der Waals surface area contributed by atoms with Crippen LogP contribution in [0.4, 0.5) is 0 Å². The third-order valence-electron chi connectivity index (χ3n) is 6.70. The van der Waals surface area contributed by atoms with Gasteiger partial charge in [-0.3, -0.25) is 9.69 Å². The molecule has 2 fully saturated rings. The Morgan fingerprint density at radius 1 is 1.16 bits per heavy atom. The van der Waals surface area contributed by atoms with Gasteiger partial charge in [0.1, 0.15) is 11.5 Å². The molecule has 1 atom stereocenters. The zero-order chi connectivity index (χ0) is 22.2. The number of benzene rings is 1. The molecule has 2 aromatic rings. The molecule has 0 radical (unpaired) electrons. The van der Waals surface area contributed by atoms with Crippen LogP contribution in [0.1, 0.15) is 67.1 Å². The molecule has 4 rings (SSSR count). The highest BCUT2D eigenvalue weighted by molar-refractivity contribution is 5.95. The molecule has 0 N–H and O–H groups in total. The number of hydrogen-bond donors (Lipinski definition) is 0. The molecule has 0 saturated carbocycles. The van der Waals surface area contributed by atoms with Crippen molar-refractivity contribution in [2.45, 2.75) is 45.1 Å². The molecule has 1 aromatic heterocycles. The van der Waals surface area contributed by atoms with Crippen LogP contribution < -0.4 is 9.47 Å². The van der Waals surface area contributed by atoms with Crippen molar-refractivity contribution in [3.05, 3.63) is 35.5 Å². The molecule has 1 spiro atoms. The number of carbonyl (C=O) groups is 1. The van der Waals surface area contributed by atoms with Crippen LogP contribution in [0.3, 0.4) is 0 Å². The summed E-state index contributed by atoms with van der Waals surface area (Å²) in [4.78, 5) is 22.0. The van der Waals surface area contributed by atoms with Crippen molar-refractivity contribution in [3.8, 4) is 11.5 Å². The maximum Gasteiger partial charge on any atom is 0.254 e. The molecule has 168 valence electrons. The van der Waals surface area contributed by atoms with Crippen LogP contribution >= 0.6 is 0 Å². The first-order valence-corrected chi connectivity index (χ1v) is 10.9. The van der Waals surface area contributed by atoms with Gasteiger partial charge in [-0.1, -0.05) is 19.0 Å². The number of hydrogen-bond acceptors (Lipinski definition) is 7. The first kappa shape index (κ1) is 21.6. The minimum atomic E-state index is 0.0229. The van der Waals surface area contributed by atoms with Gasteiger partial charge >= 0.3 is 0 Å². The molecule has 2 saturated heterocycles. The topological polar surface area (TPSA) is 80.9 Å². The van der Waals surface area contributed by atoms with Gasteiger partial charge < -0.3 is 18.9 Å². The molecular formula is C23H32N4O4. The number of piperidine rings is 1. The van der Waals surface area contributed by atoms with Crippen molar-refractivity contribution in [1.29, 1.82) is 0 Å². The van der Waals surface area contributed by atoms with E-state index in [-0.39, 0.29) is 23.3 Å². The second-order valence-electron chi connectivity index (χ2n) is 9.17. The van der Waals surface area contributed by atoms with Gasteiger partial charge in [-0.05, 0) is 43.9 Å². The lowest BCUT2D eigenvalue weighted by Gasteiger charge is -2.39. The summed E-state index contributed by atoms with van der Waals surface area (Å²) in [6.45, 7) is 6.58. The fourth-order valence-electron chi connectivity index (χ4n) is 4.84. The summed E-state index contributed by atoms with van der Waals surface area (Å²) >= 11 is 0. The number of nitrogens with zero attached hydrogens (tertiary/aromatic N) is 4. The Bertz CT molecular complexity index is 911. The van der Waals surface area contributed by atoms with E-state index in [2.05, 4.69) is 35.9 Å². The largest absolute Gasteiger partial charge is 0.497 e. The average molecular weight is 429 g/mol. The Kier molecular flexibility index (Phi) is 5.92. The van der Waals surface area contributed by atoms with Gasteiger partial charge in [0, 0.05) is 37.2 Å². The molecule has 2 aliphatic rings. The smallest absolute Gasteiger partial charge is 0.254 e. The average Bonchev–Trinajstić information content (AvgIpc) is 3.38. The van der Waals surface area contributed by atoms with Gasteiger partial charge in [-0.25, -0.2) is 0 Å². The quantitative estimate of drug-likeness (QED) is 0.721. The molecule has 0 aliphatic carbocycles. The lowest BCUT2D eigenvalue weighted by Crippen LogP contribution is -2.44. The van der Waals surface area contributed by atoms with Crippen molar-refractivity contribution < 1.29 is 18.8 Å². The summed E-state index contributed by atoms with van der Waals surface area (Å²) in [5.41, 5.74) is 0.780. The van der Waals surface area contributed by atoms with Crippen LogP contribution in [0.25, 0.3) is 0 Å². The van der Waals surface area contributed by atoms with Crippen LogP contribution in [0.5, 0.6) is 11.5 Å². The fourth-order valence-corrected chi connectivity index (χ4v) is 4.84. The predicted octanol–water partition coefficient (Wildman–Crippen LogP) is 3.51. The van der Waals surface area contributed by atoms with Crippen LogP contribution in [-0.4, -0.2) is 66.7 Å². The Hall–Kier alpha value is -2.61. The molecule has 1 amide bonds. The number of carbonyl (C=O) groups excluding carboxylic acids is 1. The van der Waals surface area contributed by atoms with E-state index in [4.69, 9.17) is 14.0 Å². The van der Waals surface area contributed by atoms with Crippen molar-refractivity contribution in [1.82, 2.24) is 19.9 Å². The number of rotatable bonds is 5. The Morgan fingerprint density at radius 2 is 1.81 bits per heavy atom. The summed E-state index contributed by atoms with van der Waals surface area (Å²) in [5, 5.41) is 4.25.